The minimum absolute atomic E-state index is 0.0824. The van der Waals surface area contributed by atoms with Gasteiger partial charge in [0.15, 0.2) is 10.9 Å². The van der Waals surface area contributed by atoms with Gasteiger partial charge in [-0.3, -0.25) is 14.5 Å². The van der Waals surface area contributed by atoms with Crippen molar-refractivity contribution in [3.8, 4) is 5.75 Å². The molecule has 4 aromatic rings. The quantitative estimate of drug-likeness (QED) is 0.378. The molecule has 172 valence electrons. The van der Waals surface area contributed by atoms with E-state index in [1.54, 1.807) is 45.2 Å². The molecule has 7 nitrogen and oxygen atoms in total. The van der Waals surface area contributed by atoms with Crippen LogP contribution < -0.4 is 9.64 Å². The van der Waals surface area contributed by atoms with E-state index in [0.717, 1.165) is 16.0 Å². The van der Waals surface area contributed by atoms with E-state index in [9.17, 15) is 14.7 Å². The zero-order valence-electron chi connectivity index (χ0n) is 18.3. The first kappa shape index (κ1) is 22.2. The SMILES string of the molecule is COc1ccc2nc(N3C(=O)C(O)=C(C(=O)c4sc(C)nc4C)C3c3ccccc3F)sc2c1. The summed E-state index contributed by atoms with van der Waals surface area (Å²) in [6.45, 7) is 3.44. The van der Waals surface area contributed by atoms with Crippen molar-refractivity contribution in [2.24, 2.45) is 0 Å². The maximum atomic E-state index is 15.0. The van der Waals surface area contributed by atoms with Gasteiger partial charge in [-0.25, -0.2) is 14.4 Å². The average molecular weight is 496 g/mol. The summed E-state index contributed by atoms with van der Waals surface area (Å²) < 4.78 is 21.0. The zero-order chi connectivity index (χ0) is 24.1. The number of ether oxygens (including phenoxy) is 1. The third-order valence-corrected chi connectivity index (χ3v) is 7.64. The predicted octanol–water partition coefficient (Wildman–Crippen LogP) is 5.30. The zero-order valence-corrected chi connectivity index (χ0v) is 20.0. The van der Waals surface area contributed by atoms with Crippen molar-refractivity contribution >= 4 is 49.7 Å². The van der Waals surface area contributed by atoms with Crippen LogP contribution in [0.15, 0.2) is 53.8 Å². The van der Waals surface area contributed by atoms with Gasteiger partial charge in [-0.2, -0.15) is 0 Å². The number of nitrogens with zero attached hydrogens (tertiary/aromatic N) is 3. The van der Waals surface area contributed by atoms with Crippen LogP contribution in [0.4, 0.5) is 9.52 Å². The van der Waals surface area contributed by atoms with Crippen molar-refractivity contribution < 1.29 is 23.8 Å². The van der Waals surface area contributed by atoms with E-state index in [1.165, 1.54) is 34.4 Å². The van der Waals surface area contributed by atoms with Gasteiger partial charge in [0, 0.05) is 5.56 Å². The highest BCUT2D eigenvalue weighted by Gasteiger charge is 2.47. The molecule has 2 aromatic heterocycles. The molecule has 0 aliphatic carbocycles. The number of thiazole rings is 2. The first-order valence-electron chi connectivity index (χ1n) is 10.2. The molecule has 1 aliphatic rings. The molecule has 0 spiro atoms. The fourth-order valence-electron chi connectivity index (χ4n) is 4.01. The van der Waals surface area contributed by atoms with Gasteiger partial charge in [0.1, 0.15) is 17.6 Å². The van der Waals surface area contributed by atoms with Crippen LogP contribution in [0.25, 0.3) is 10.2 Å². The molecule has 1 N–H and O–H groups in total. The highest BCUT2D eigenvalue weighted by molar-refractivity contribution is 7.22. The highest BCUT2D eigenvalue weighted by atomic mass is 32.1. The van der Waals surface area contributed by atoms with Crippen LogP contribution >= 0.6 is 22.7 Å². The van der Waals surface area contributed by atoms with E-state index in [2.05, 4.69) is 9.97 Å². The number of aromatic nitrogens is 2. The number of fused-ring (bicyclic) bond motifs is 1. The molecule has 0 radical (unpaired) electrons. The molecule has 1 atom stereocenters. The van der Waals surface area contributed by atoms with Gasteiger partial charge in [-0.05, 0) is 38.1 Å². The summed E-state index contributed by atoms with van der Waals surface area (Å²) in [4.78, 5) is 37.2. The Hall–Kier alpha value is -3.63. The normalized spacial score (nSPS) is 16.1. The third-order valence-electron chi connectivity index (χ3n) is 5.55. The lowest BCUT2D eigenvalue weighted by Gasteiger charge is -2.24. The number of Topliss-reactive ketones (excluding diaryl/α,β-unsaturated/α-hetero) is 1. The number of rotatable bonds is 5. The minimum atomic E-state index is -1.19. The van der Waals surface area contributed by atoms with Gasteiger partial charge in [-0.15, -0.1) is 11.3 Å². The Morgan fingerprint density at radius 3 is 2.59 bits per heavy atom. The molecule has 34 heavy (non-hydrogen) atoms. The van der Waals surface area contributed by atoms with Crippen molar-refractivity contribution in [1.29, 1.82) is 0 Å². The van der Waals surface area contributed by atoms with Crippen LogP contribution in [0.1, 0.15) is 32.0 Å². The number of carbonyl (C=O) groups excluding carboxylic acids is 2. The molecule has 1 aliphatic heterocycles. The predicted molar refractivity (Wildman–Crippen MR) is 128 cm³/mol. The molecule has 1 amide bonds. The van der Waals surface area contributed by atoms with E-state index >= 15 is 4.39 Å². The number of hydrogen-bond donors (Lipinski definition) is 1. The van der Waals surface area contributed by atoms with Gasteiger partial charge in [-0.1, -0.05) is 29.5 Å². The standard InChI is InChI=1S/C24H18FN3O4S2/c1-11-22(33-12(2)26-11)20(29)18-19(14-6-4-5-7-15(14)25)28(23(31)21(18)30)24-27-16-9-8-13(32-3)10-17(16)34-24/h4-10,19,30H,1-3H3. The number of aryl methyl sites for hydroxylation is 2. The number of hydrogen-bond acceptors (Lipinski definition) is 8. The number of carbonyl (C=O) groups is 2. The van der Waals surface area contributed by atoms with Gasteiger partial charge in [0.2, 0.25) is 5.78 Å². The number of ketones is 1. The minimum Gasteiger partial charge on any atom is -0.503 e. The second kappa shape index (κ2) is 8.30. The van der Waals surface area contributed by atoms with Gasteiger partial charge >= 0.3 is 0 Å². The second-order valence-corrected chi connectivity index (χ2v) is 9.88. The van der Waals surface area contributed by atoms with Gasteiger partial charge in [0.25, 0.3) is 5.91 Å². The molecule has 10 heteroatoms. The number of aliphatic hydroxyl groups excluding tert-OH is 1. The largest absolute Gasteiger partial charge is 0.503 e. The lowest BCUT2D eigenvalue weighted by molar-refractivity contribution is -0.117. The Morgan fingerprint density at radius 2 is 1.91 bits per heavy atom. The van der Waals surface area contributed by atoms with Gasteiger partial charge in [0.05, 0.1) is 38.5 Å². The number of amides is 1. The Morgan fingerprint density at radius 1 is 1.15 bits per heavy atom. The number of halogens is 1. The molecule has 0 saturated heterocycles. The van der Waals surface area contributed by atoms with Gasteiger partial charge < -0.3 is 9.84 Å². The number of benzene rings is 2. The highest BCUT2D eigenvalue weighted by Crippen LogP contribution is 2.45. The van der Waals surface area contributed by atoms with Crippen LogP contribution in [0.5, 0.6) is 5.75 Å². The summed E-state index contributed by atoms with van der Waals surface area (Å²) in [7, 11) is 1.55. The number of aliphatic hydroxyl groups is 1. The molecular formula is C24H18FN3O4S2. The summed E-state index contributed by atoms with van der Waals surface area (Å²) >= 11 is 2.35. The van der Waals surface area contributed by atoms with Crippen LogP contribution in [-0.4, -0.2) is 33.9 Å². The van der Waals surface area contributed by atoms with Crippen LogP contribution in [0, 0.1) is 19.7 Å². The van der Waals surface area contributed by atoms with E-state index in [4.69, 9.17) is 4.74 Å². The summed E-state index contributed by atoms with van der Waals surface area (Å²) in [6, 6.07) is 9.95. The topological polar surface area (TPSA) is 92.6 Å². The fraction of sp³-hybridized carbons (Fsp3) is 0.167. The number of methoxy groups -OCH3 is 1. The van der Waals surface area contributed by atoms with E-state index in [-0.39, 0.29) is 16.3 Å². The summed E-state index contributed by atoms with van der Waals surface area (Å²) in [6.07, 6.45) is 0. The first-order valence-corrected chi connectivity index (χ1v) is 11.9. The van der Waals surface area contributed by atoms with Crippen molar-refractivity contribution in [3.05, 3.63) is 80.8 Å². The molecule has 0 bridgehead atoms. The Bertz CT molecular complexity index is 1510. The van der Waals surface area contributed by atoms with Crippen molar-refractivity contribution in [3.63, 3.8) is 0 Å². The smallest absolute Gasteiger partial charge is 0.296 e. The lowest BCUT2D eigenvalue weighted by atomic mass is 9.95. The molecule has 5 rings (SSSR count). The molecule has 0 saturated carbocycles. The van der Waals surface area contributed by atoms with E-state index in [0.29, 0.717) is 26.8 Å². The number of anilines is 1. The monoisotopic (exact) mass is 495 g/mol. The second-order valence-electron chi connectivity index (χ2n) is 7.67. The molecule has 1 unspecified atom stereocenters. The van der Waals surface area contributed by atoms with E-state index < -0.39 is 29.3 Å². The summed E-state index contributed by atoms with van der Waals surface area (Å²) in [5, 5.41) is 11.8. The Balaban J connectivity index is 1.70. The molecule has 0 fully saturated rings. The maximum absolute atomic E-state index is 15.0. The average Bonchev–Trinajstić information content (AvgIpc) is 3.46. The van der Waals surface area contributed by atoms with Crippen molar-refractivity contribution in [2.45, 2.75) is 19.9 Å². The van der Waals surface area contributed by atoms with Crippen LogP contribution in [0.3, 0.4) is 0 Å². The lowest BCUT2D eigenvalue weighted by Crippen LogP contribution is -2.31. The Labute approximate surface area is 201 Å². The van der Waals surface area contributed by atoms with Crippen molar-refractivity contribution in [1.82, 2.24) is 9.97 Å². The van der Waals surface area contributed by atoms with E-state index in [1.807, 2.05) is 0 Å². The Kier molecular flexibility index (Phi) is 5.41. The molecule has 2 aromatic carbocycles. The first-order chi connectivity index (χ1) is 16.3. The molecular weight excluding hydrogens is 477 g/mol. The fourth-order valence-corrected chi connectivity index (χ4v) is 5.91. The van der Waals surface area contributed by atoms with Crippen LogP contribution in [0.2, 0.25) is 0 Å². The van der Waals surface area contributed by atoms with Crippen LogP contribution in [-0.2, 0) is 4.79 Å². The molecule has 3 heterocycles. The maximum Gasteiger partial charge on any atom is 0.296 e. The third kappa shape index (κ3) is 3.46. The van der Waals surface area contributed by atoms with Crippen molar-refractivity contribution in [2.75, 3.05) is 12.0 Å². The summed E-state index contributed by atoms with van der Waals surface area (Å²) in [5.74, 6) is -2.09. The summed E-state index contributed by atoms with van der Waals surface area (Å²) in [5.41, 5.74) is 0.977.